The topological polar surface area (TPSA) is 120 Å². The molecule has 1 aliphatic rings. The summed E-state index contributed by atoms with van der Waals surface area (Å²) in [5, 5.41) is 11.2. The first-order chi connectivity index (χ1) is 19.6. The maximum absolute atomic E-state index is 13.8. The van der Waals surface area contributed by atoms with E-state index in [0.717, 1.165) is 11.3 Å². The summed E-state index contributed by atoms with van der Waals surface area (Å²) in [5.41, 5.74) is 2.51. The van der Waals surface area contributed by atoms with Crippen molar-refractivity contribution < 1.29 is 18.9 Å². The second-order valence-corrected chi connectivity index (χ2v) is 10.8. The number of hydrogen-bond donors (Lipinski definition) is 0. The Kier molecular flexibility index (Phi) is 7.65. The molecule has 0 aliphatic carbocycles. The van der Waals surface area contributed by atoms with Crippen LogP contribution in [0.5, 0.6) is 0 Å². The molecule has 2 aromatic carbocycles. The Labute approximate surface area is 243 Å². The van der Waals surface area contributed by atoms with Crippen LogP contribution in [0.25, 0.3) is 17.4 Å². The molecule has 1 atom stereocenters. The van der Waals surface area contributed by atoms with E-state index in [1.165, 1.54) is 34.1 Å². The standard InChI is InChI=1S/C29H25ClN4O6S/c1-5-39-28(36)25-16(2)31-29-33(26(25)17-6-8-18(9-7-17)32(3)4)27(35)24(41-29)15-20-11-13-23(40-20)21-12-10-19(34(37)38)14-22(21)30/h6-15,26H,5H2,1-4H3. The van der Waals surface area contributed by atoms with Crippen LogP contribution in [0.4, 0.5) is 11.4 Å². The van der Waals surface area contributed by atoms with E-state index < -0.39 is 16.9 Å². The SMILES string of the molecule is CCOC(=O)C1=C(C)N=c2sc(=Cc3ccc(-c4ccc([N+](=O)[O-])cc4Cl)o3)c(=O)n2C1c1ccc(N(C)C)cc1. The van der Waals surface area contributed by atoms with Crippen LogP contribution in [0.15, 0.2) is 80.1 Å². The number of ether oxygens (including phenoxy) is 1. The summed E-state index contributed by atoms with van der Waals surface area (Å²) in [4.78, 5) is 44.4. The van der Waals surface area contributed by atoms with Crippen molar-refractivity contribution in [2.75, 3.05) is 25.6 Å². The van der Waals surface area contributed by atoms with Gasteiger partial charge in [-0.25, -0.2) is 9.79 Å². The minimum Gasteiger partial charge on any atom is -0.463 e. The van der Waals surface area contributed by atoms with Crippen molar-refractivity contribution in [1.82, 2.24) is 4.57 Å². The molecular weight excluding hydrogens is 568 g/mol. The Morgan fingerprint density at radius 1 is 1.22 bits per heavy atom. The van der Waals surface area contributed by atoms with Crippen LogP contribution in [-0.2, 0) is 9.53 Å². The van der Waals surface area contributed by atoms with E-state index in [0.29, 0.717) is 37.7 Å². The maximum atomic E-state index is 13.8. The molecule has 12 heteroatoms. The number of halogens is 1. The van der Waals surface area contributed by atoms with Crippen molar-refractivity contribution in [2.45, 2.75) is 19.9 Å². The fourth-order valence-electron chi connectivity index (χ4n) is 4.58. The molecular formula is C29H25ClN4O6S. The zero-order chi connectivity index (χ0) is 29.4. The Morgan fingerprint density at radius 2 is 1.95 bits per heavy atom. The predicted molar refractivity (Wildman–Crippen MR) is 157 cm³/mol. The number of carbonyl (C=O) groups excluding carboxylic acids is 1. The van der Waals surface area contributed by atoms with Gasteiger partial charge in [-0.05, 0) is 49.7 Å². The van der Waals surface area contributed by atoms with Crippen LogP contribution < -0.4 is 19.8 Å². The molecule has 1 unspecified atom stereocenters. The molecule has 10 nitrogen and oxygen atoms in total. The molecule has 41 heavy (non-hydrogen) atoms. The molecule has 5 rings (SSSR count). The van der Waals surface area contributed by atoms with E-state index in [4.69, 9.17) is 20.8 Å². The quantitative estimate of drug-likeness (QED) is 0.173. The summed E-state index contributed by atoms with van der Waals surface area (Å²) in [6, 6.07) is 14.4. The molecule has 0 fully saturated rings. The number of allylic oxidation sites excluding steroid dienone is 1. The molecule has 0 spiro atoms. The first kappa shape index (κ1) is 28.1. The lowest BCUT2D eigenvalue weighted by Gasteiger charge is -2.25. The number of carbonyl (C=O) groups is 1. The Bertz CT molecular complexity index is 1880. The number of esters is 1. The normalized spacial score (nSPS) is 15.0. The molecule has 0 radical (unpaired) electrons. The van der Waals surface area contributed by atoms with Crippen LogP contribution in [-0.4, -0.2) is 36.2 Å². The Morgan fingerprint density at radius 3 is 2.59 bits per heavy atom. The van der Waals surface area contributed by atoms with Gasteiger partial charge in [0.15, 0.2) is 4.80 Å². The van der Waals surface area contributed by atoms with E-state index in [-0.39, 0.29) is 22.9 Å². The highest BCUT2D eigenvalue weighted by atomic mass is 35.5. The lowest BCUT2D eigenvalue weighted by atomic mass is 9.95. The first-order valence-electron chi connectivity index (χ1n) is 12.6. The van der Waals surface area contributed by atoms with E-state index >= 15 is 0 Å². The van der Waals surface area contributed by atoms with Gasteiger partial charge < -0.3 is 14.1 Å². The number of hydrogen-bond acceptors (Lipinski definition) is 9. The number of nitro groups is 1. The number of nitrogens with zero attached hydrogens (tertiary/aromatic N) is 4. The average molecular weight is 593 g/mol. The van der Waals surface area contributed by atoms with Crippen molar-refractivity contribution in [3.63, 3.8) is 0 Å². The van der Waals surface area contributed by atoms with Crippen molar-refractivity contribution in [1.29, 1.82) is 0 Å². The number of furan rings is 1. The average Bonchev–Trinajstić information content (AvgIpc) is 3.52. The summed E-state index contributed by atoms with van der Waals surface area (Å²) in [6.45, 7) is 3.65. The molecule has 0 saturated heterocycles. The molecule has 0 N–H and O–H groups in total. The molecule has 2 aromatic heterocycles. The van der Waals surface area contributed by atoms with Gasteiger partial charge in [0, 0.05) is 43.6 Å². The van der Waals surface area contributed by atoms with Gasteiger partial charge in [0.2, 0.25) is 0 Å². The number of benzene rings is 2. The minimum atomic E-state index is -0.727. The van der Waals surface area contributed by atoms with Gasteiger partial charge >= 0.3 is 5.97 Å². The molecule has 3 heterocycles. The zero-order valence-corrected chi connectivity index (χ0v) is 24.2. The number of fused-ring (bicyclic) bond motifs is 1. The van der Waals surface area contributed by atoms with Gasteiger partial charge in [0.25, 0.3) is 11.2 Å². The smallest absolute Gasteiger partial charge is 0.338 e. The number of non-ortho nitro benzene ring substituents is 1. The highest BCUT2D eigenvalue weighted by Gasteiger charge is 2.33. The van der Waals surface area contributed by atoms with E-state index in [1.807, 2.05) is 43.3 Å². The second kappa shape index (κ2) is 11.2. The van der Waals surface area contributed by atoms with Gasteiger partial charge in [0.05, 0.1) is 38.4 Å². The summed E-state index contributed by atoms with van der Waals surface area (Å²) in [7, 11) is 3.86. The fourth-order valence-corrected chi connectivity index (χ4v) is 5.88. The van der Waals surface area contributed by atoms with Gasteiger partial charge in [-0.1, -0.05) is 35.1 Å². The maximum Gasteiger partial charge on any atom is 0.338 e. The summed E-state index contributed by atoms with van der Waals surface area (Å²) in [6.07, 6.45) is 1.60. The molecule has 210 valence electrons. The zero-order valence-electron chi connectivity index (χ0n) is 22.6. The third-order valence-electron chi connectivity index (χ3n) is 6.57. The van der Waals surface area contributed by atoms with Crippen molar-refractivity contribution >= 4 is 46.4 Å². The highest BCUT2D eigenvalue weighted by Crippen LogP contribution is 2.33. The highest BCUT2D eigenvalue weighted by molar-refractivity contribution is 7.07. The third-order valence-corrected chi connectivity index (χ3v) is 7.87. The van der Waals surface area contributed by atoms with Crippen molar-refractivity contribution in [2.24, 2.45) is 4.99 Å². The monoisotopic (exact) mass is 592 g/mol. The number of anilines is 1. The second-order valence-electron chi connectivity index (χ2n) is 9.41. The number of nitro benzene ring substituents is 1. The van der Waals surface area contributed by atoms with Crippen molar-refractivity contribution in [3.05, 3.63) is 112 Å². The molecule has 0 bridgehead atoms. The van der Waals surface area contributed by atoms with Gasteiger partial charge in [-0.3, -0.25) is 19.5 Å². The molecule has 1 aliphatic heterocycles. The van der Waals surface area contributed by atoms with Crippen LogP contribution in [0.2, 0.25) is 5.02 Å². The molecule has 0 amide bonds. The fraction of sp³-hybridized carbons (Fsp3) is 0.207. The van der Waals surface area contributed by atoms with E-state index in [9.17, 15) is 19.7 Å². The Hall–Kier alpha value is -4.48. The lowest BCUT2D eigenvalue weighted by Crippen LogP contribution is -2.39. The van der Waals surface area contributed by atoms with Crippen LogP contribution in [0, 0.1) is 10.1 Å². The molecule has 0 saturated carbocycles. The summed E-state index contributed by atoms with van der Waals surface area (Å²) in [5.74, 6) is 0.247. The predicted octanol–water partition coefficient (Wildman–Crippen LogP) is 4.69. The minimum absolute atomic E-state index is 0.130. The first-order valence-corrected chi connectivity index (χ1v) is 13.8. The van der Waals surface area contributed by atoms with Crippen LogP contribution >= 0.6 is 22.9 Å². The number of aromatic nitrogens is 1. The summed E-state index contributed by atoms with van der Waals surface area (Å²) >= 11 is 7.44. The number of thiazole rings is 1. The van der Waals surface area contributed by atoms with Crippen molar-refractivity contribution in [3.8, 4) is 11.3 Å². The lowest BCUT2D eigenvalue weighted by molar-refractivity contribution is -0.384. The largest absolute Gasteiger partial charge is 0.463 e. The van der Waals surface area contributed by atoms with E-state index in [1.54, 1.807) is 32.1 Å². The van der Waals surface area contributed by atoms with Gasteiger partial charge in [-0.15, -0.1) is 0 Å². The Balaban J connectivity index is 1.60. The van der Waals surface area contributed by atoms with Gasteiger partial charge in [-0.2, -0.15) is 0 Å². The van der Waals surface area contributed by atoms with E-state index in [2.05, 4.69) is 4.99 Å². The van der Waals surface area contributed by atoms with Gasteiger partial charge in [0.1, 0.15) is 11.5 Å². The van der Waals surface area contributed by atoms with Crippen LogP contribution in [0.3, 0.4) is 0 Å². The third kappa shape index (κ3) is 5.33. The summed E-state index contributed by atoms with van der Waals surface area (Å²) < 4.78 is 13.1. The number of rotatable bonds is 7. The molecule has 4 aromatic rings. The van der Waals surface area contributed by atoms with Crippen LogP contribution in [0.1, 0.15) is 31.2 Å².